The molecule has 2 atom stereocenters. The number of amides is 1. The lowest BCUT2D eigenvalue weighted by Gasteiger charge is -2.32. The van der Waals surface area contributed by atoms with Crippen LogP contribution < -0.4 is 0 Å². The SMILES string of the molecule is CCOC(=O)[C@H]1CCCN(CC(=O)N2N=C(c3ccc(C)cc3)C[C@@H]2c2ccc(C)cc2)C1. The molecule has 2 aromatic carbocycles. The number of benzene rings is 2. The third-order valence-corrected chi connectivity index (χ3v) is 6.50. The molecule has 0 unspecified atom stereocenters. The van der Waals surface area contributed by atoms with Gasteiger partial charge in [-0.2, -0.15) is 5.10 Å². The van der Waals surface area contributed by atoms with Gasteiger partial charge in [0.15, 0.2) is 0 Å². The molecule has 0 aromatic heterocycles. The molecule has 6 nitrogen and oxygen atoms in total. The van der Waals surface area contributed by atoms with E-state index < -0.39 is 0 Å². The van der Waals surface area contributed by atoms with Gasteiger partial charge in [-0.3, -0.25) is 14.5 Å². The van der Waals surface area contributed by atoms with Gasteiger partial charge in [-0.1, -0.05) is 59.7 Å². The summed E-state index contributed by atoms with van der Waals surface area (Å²) in [5, 5.41) is 6.46. The third kappa shape index (κ3) is 5.50. The lowest BCUT2D eigenvalue weighted by atomic mass is 9.97. The highest BCUT2D eigenvalue weighted by atomic mass is 16.5. The Morgan fingerprint density at radius 2 is 1.70 bits per heavy atom. The van der Waals surface area contributed by atoms with Crippen molar-refractivity contribution >= 4 is 17.6 Å². The van der Waals surface area contributed by atoms with E-state index in [-0.39, 0.29) is 30.4 Å². The molecule has 0 saturated carbocycles. The molecule has 1 fully saturated rings. The highest BCUT2D eigenvalue weighted by Gasteiger charge is 2.35. The van der Waals surface area contributed by atoms with E-state index in [4.69, 9.17) is 9.84 Å². The minimum Gasteiger partial charge on any atom is -0.466 e. The lowest BCUT2D eigenvalue weighted by molar-refractivity contribution is -0.150. The van der Waals surface area contributed by atoms with Crippen molar-refractivity contribution in [2.75, 3.05) is 26.2 Å². The van der Waals surface area contributed by atoms with Crippen LogP contribution in [-0.4, -0.2) is 53.7 Å². The number of hydrogen-bond donors (Lipinski definition) is 0. The minimum atomic E-state index is -0.162. The first-order chi connectivity index (χ1) is 15.9. The molecule has 6 heteroatoms. The second kappa shape index (κ2) is 10.3. The zero-order valence-electron chi connectivity index (χ0n) is 19.8. The molecule has 0 bridgehead atoms. The number of likely N-dealkylation sites (tertiary alicyclic amines) is 1. The molecule has 0 radical (unpaired) electrons. The summed E-state index contributed by atoms with van der Waals surface area (Å²) in [6.07, 6.45) is 2.38. The van der Waals surface area contributed by atoms with Crippen LogP contribution in [0.1, 0.15) is 54.5 Å². The maximum atomic E-state index is 13.5. The van der Waals surface area contributed by atoms with Crippen molar-refractivity contribution in [1.29, 1.82) is 0 Å². The molecule has 33 heavy (non-hydrogen) atoms. The van der Waals surface area contributed by atoms with E-state index in [0.717, 1.165) is 36.2 Å². The molecule has 2 aromatic rings. The predicted molar refractivity (Wildman–Crippen MR) is 129 cm³/mol. The maximum absolute atomic E-state index is 13.5. The first-order valence-corrected chi connectivity index (χ1v) is 11.9. The first kappa shape index (κ1) is 23.2. The van der Waals surface area contributed by atoms with Crippen LogP contribution in [-0.2, 0) is 14.3 Å². The highest BCUT2D eigenvalue weighted by Crippen LogP contribution is 2.33. The first-order valence-electron chi connectivity index (χ1n) is 11.9. The largest absolute Gasteiger partial charge is 0.466 e. The number of hydrazone groups is 1. The van der Waals surface area contributed by atoms with Crippen molar-refractivity contribution in [3.63, 3.8) is 0 Å². The molecule has 4 rings (SSSR count). The van der Waals surface area contributed by atoms with Gasteiger partial charge in [0.2, 0.25) is 0 Å². The molecule has 0 aliphatic carbocycles. The van der Waals surface area contributed by atoms with E-state index in [1.807, 2.05) is 6.92 Å². The highest BCUT2D eigenvalue weighted by molar-refractivity contribution is 6.03. The molecule has 2 heterocycles. The van der Waals surface area contributed by atoms with E-state index in [1.54, 1.807) is 5.01 Å². The average Bonchev–Trinajstić information content (AvgIpc) is 3.26. The fourth-order valence-corrected chi connectivity index (χ4v) is 4.62. The Morgan fingerprint density at radius 3 is 2.36 bits per heavy atom. The monoisotopic (exact) mass is 447 g/mol. The number of carbonyl (C=O) groups excluding carboxylic acids is 2. The van der Waals surface area contributed by atoms with Crippen molar-refractivity contribution in [3.05, 3.63) is 70.8 Å². The van der Waals surface area contributed by atoms with Gasteiger partial charge >= 0.3 is 5.97 Å². The zero-order valence-corrected chi connectivity index (χ0v) is 19.8. The van der Waals surface area contributed by atoms with Gasteiger partial charge in [-0.05, 0) is 51.3 Å². The standard InChI is InChI=1S/C27H33N3O3/c1-4-33-27(32)23-6-5-15-29(17-23)18-26(31)30-25(22-13-9-20(3)10-14-22)16-24(28-30)21-11-7-19(2)8-12-21/h7-14,23,25H,4-6,15-18H2,1-3H3/t23-,25+/m0/s1. The molecular formula is C27H33N3O3. The van der Waals surface area contributed by atoms with Gasteiger partial charge in [0.05, 0.1) is 30.8 Å². The molecular weight excluding hydrogens is 414 g/mol. The molecule has 1 amide bonds. The Balaban J connectivity index is 1.53. The number of ether oxygens (including phenoxy) is 1. The maximum Gasteiger partial charge on any atom is 0.310 e. The Kier molecular flexibility index (Phi) is 7.23. The molecule has 0 N–H and O–H groups in total. The number of nitrogens with zero attached hydrogens (tertiary/aromatic N) is 3. The number of carbonyl (C=O) groups is 2. The van der Waals surface area contributed by atoms with Crippen molar-refractivity contribution in [2.45, 2.75) is 46.1 Å². The van der Waals surface area contributed by atoms with Crippen molar-refractivity contribution in [2.24, 2.45) is 11.0 Å². The Hall–Kier alpha value is -2.99. The van der Waals surface area contributed by atoms with Crippen molar-refractivity contribution in [3.8, 4) is 0 Å². The lowest BCUT2D eigenvalue weighted by Crippen LogP contribution is -2.44. The third-order valence-electron chi connectivity index (χ3n) is 6.50. The van der Waals surface area contributed by atoms with E-state index >= 15 is 0 Å². The van der Waals surface area contributed by atoms with Crippen LogP contribution in [0.3, 0.4) is 0 Å². The van der Waals surface area contributed by atoms with Gasteiger partial charge in [-0.25, -0.2) is 5.01 Å². The number of aryl methyl sites for hydroxylation is 2. The topological polar surface area (TPSA) is 62.2 Å². The number of esters is 1. The van der Waals surface area contributed by atoms with Gasteiger partial charge in [0.1, 0.15) is 0 Å². The van der Waals surface area contributed by atoms with Crippen LogP contribution in [0.4, 0.5) is 0 Å². The summed E-state index contributed by atoms with van der Waals surface area (Å²) in [6, 6.07) is 16.5. The zero-order chi connectivity index (χ0) is 23.4. The number of rotatable bonds is 6. The average molecular weight is 448 g/mol. The Morgan fingerprint density at radius 1 is 1.03 bits per heavy atom. The summed E-state index contributed by atoms with van der Waals surface area (Å²) in [5.41, 5.74) is 5.45. The quantitative estimate of drug-likeness (QED) is 0.621. The summed E-state index contributed by atoms with van der Waals surface area (Å²) in [5.74, 6) is -0.357. The fourth-order valence-electron chi connectivity index (χ4n) is 4.62. The summed E-state index contributed by atoms with van der Waals surface area (Å²) < 4.78 is 5.21. The van der Waals surface area contributed by atoms with Crippen LogP contribution in [0.2, 0.25) is 0 Å². The van der Waals surface area contributed by atoms with Gasteiger partial charge in [0.25, 0.3) is 5.91 Å². The summed E-state index contributed by atoms with van der Waals surface area (Å²) in [4.78, 5) is 27.7. The van der Waals surface area contributed by atoms with E-state index in [2.05, 4.69) is 67.3 Å². The van der Waals surface area contributed by atoms with Gasteiger partial charge < -0.3 is 4.74 Å². The molecule has 1 saturated heterocycles. The van der Waals surface area contributed by atoms with Crippen molar-refractivity contribution in [1.82, 2.24) is 9.91 Å². The van der Waals surface area contributed by atoms with E-state index in [0.29, 0.717) is 19.6 Å². The second-order valence-electron chi connectivity index (χ2n) is 9.11. The van der Waals surface area contributed by atoms with E-state index in [1.165, 1.54) is 11.1 Å². The van der Waals surface area contributed by atoms with E-state index in [9.17, 15) is 9.59 Å². The molecule has 0 spiro atoms. The van der Waals surface area contributed by atoms with Gasteiger partial charge in [-0.15, -0.1) is 0 Å². The summed E-state index contributed by atoms with van der Waals surface area (Å²) in [7, 11) is 0. The van der Waals surface area contributed by atoms with Crippen LogP contribution in [0.25, 0.3) is 0 Å². The predicted octanol–water partition coefficient (Wildman–Crippen LogP) is 4.26. The number of hydrogen-bond acceptors (Lipinski definition) is 5. The van der Waals surface area contributed by atoms with Crippen LogP contribution in [0.5, 0.6) is 0 Å². The molecule has 2 aliphatic heterocycles. The molecule has 174 valence electrons. The van der Waals surface area contributed by atoms with Crippen LogP contribution >= 0.6 is 0 Å². The number of piperidine rings is 1. The van der Waals surface area contributed by atoms with Gasteiger partial charge in [0, 0.05) is 13.0 Å². The smallest absolute Gasteiger partial charge is 0.310 e. The van der Waals surface area contributed by atoms with Crippen LogP contribution in [0, 0.1) is 19.8 Å². The van der Waals surface area contributed by atoms with Crippen LogP contribution in [0.15, 0.2) is 53.6 Å². The second-order valence-corrected chi connectivity index (χ2v) is 9.11. The summed E-state index contributed by atoms with van der Waals surface area (Å²) in [6.45, 7) is 7.95. The van der Waals surface area contributed by atoms with Crippen molar-refractivity contribution < 1.29 is 14.3 Å². The molecule has 2 aliphatic rings. The Bertz CT molecular complexity index is 1010. The normalized spacial score (nSPS) is 21.1. The Labute approximate surface area is 196 Å². The summed E-state index contributed by atoms with van der Waals surface area (Å²) >= 11 is 0. The minimum absolute atomic E-state index is 0.0350. The fraction of sp³-hybridized carbons (Fsp3) is 0.444.